The molecule has 2 N–H and O–H groups in total. The standard InChI is InChI=1S/C14H19ClN2O2/c1-9(2)17-13(18)8-16-7-11-6-12(15)5-10-3-4-19-14(10)11/h5-6,9,16H,3-4,7-8H2,1-2H3,(H,17,18). The normalized spacial score (nSPS) is 13.3. The van der Waals surface area contributed by atoms with Crippen molar-refractivity contribution in [1.29, 1.82) is 0 Å². The second kappa shape index (κ2) is 6.26. The molecule has 0 radical (unpaired) electrons. The van der Waals surface area contributed by atoms with E-state index in [9.17, 15) is 4.79 Å². The van der Waals surface area contributed by atoms with E-state index in [0.29, 0.717) is 24.7 Å². The van der Waals surface area contributed by atoms with Gasteiger partial charge in [-0.25, -0.2) is 0 Å². The molecule has 104 valence electrons. The first-order chi connectivity index (χ1) is 9.06. The highest BCUT2D eigenvalue weighted by Crippen LogP contribution is 2.32. The van der Waals surface area contributed by atoms with E-state index >= 15 is 0 Å². The van der Waals surface area contributed by atoms with E-state index in [1.807, 2.05) is 26.0 Å². The van der Waals surface area contributed by atoms with Crippen molar-refractivity contribution in [2.75, 3.05) is 13.2 Å². The number of hydrogen-bond acceptors (Lipinski definition) is 3. The van der Waals surface area contributed by atoms with Crippen molar-refractivity contribution >= 4 is 17.5 Å². The van der Waals surface area contributed by atoms with E-state index in [1.54, 1.807) is 0 Å². The van der Waals surface area contributed by atoms with Crippen LogP contribution in [-0.2, 0) is 17.8 Å². The number of rotatable bonds is 5. The first kappa shape index (κ1) is 14.2. The van der Waals surface area contributed by atoms with Crippen LogP contribution in [0, 0.1) is 0 Å². The molecular formula is C14H19ClN2O2. The maximum Gasteiger partial charge on any atom is 0.234 e. The van der Waals surface area contributed by atoms with Crippen LogP contribution in [0.1, 0.15) is 25.0 Å². The highest BCUT2D eigenvalue weighted by Gasteiger charge is 2.17. The molecule has 1 amide bonds. The fourth-order valence-electron chi connectivity index (χ4n) is 2.16. The first-order valence-electron chi connectivity index (χ1n) is 6.50. The van der Waals surface area contributed by atoms with Crippen LogP contribution in [-0.4, -0.2) is 25.1 Å². The van der Waals surface area contributed by atoms with Crippen molar-refractivity contribution in [3.63, 3.8) is 0 Å². The number of amides is 1. The smallest absolute Gasteiger partial charge is 0.234 e. The van der Waals surface area contributed by atoms with Crippen molar-refractivity contribution < 1.29 is 9.53 Å². The lowest BCUT2D eigenvalue weighted by atomic mass is 10.1. The minimum Gasteiger partial charge on any atom is -0.493 e. The van der Waals surface area contributed by atoms with Gasteiger partial charge in [0.05, 0.1) is 13.2 Å². The van der Waals surface area contributed by atoms with Crippen LogP contribution in [0.2, 0.25) is 5.02 Å². The lowest BCUT2D eigenvalue weighted by molar-refractivity contribution is -0.120. The molecule has 0 unspecified atom stereocenters. The molecule has 0 saturated heterocycles. The molecule has 0 aliphatic carbocycles. The number of fused-ring (bicyclic) bond motifs is 1. The second-order valence-electron chi connectivity index (χ2n) is 4.98. The summed E-state index contributed by atoms with van der Waals surface area (Å²) in [6.45, 7) is 5.45. The Morgan fingerprint density at radius 1 is 1.47 bits per heavy atom. The van der Waals surface area contributed by atoms with E-state index in [1.165, 1.54) is 0 Å². The third-order valence-electron chi connectivity index (χ3n) is 2.88. The van der Waals surface area contributed by atoms with Crippen molar-refractivity contribution in [2.24, 2.45) is 0 Å². The van der Waals surface area contributed by atoms with Gasteiger partial charge in [-0.3, -0.25) is 4.79 Å². The van der Waals surface area contributed by atoms with Crippen LogP contribution >= 0.6 is 11.6 Å². The van der Waals surface area contributed by atoms with Gasteiger partial charge in [-0.1, -0.05) is 11.6 Å². The van der Waals surface area contributed by atoms with Gasteiger partial charge < -0.3 is 15.4 Å². The number of carbonyl (C=O) groups is 1. The Morgan fingerprint density at radius 2 is 2.26 bits per heavy atom. The molecule has 1 aliphatic rings. The summed E-state index contributed by atoms with van der Waals surface area (Å²) >= 11 is 6.08. The van der Waals surface area contributed by atoms with E-state index in [-0.39, 0.29) is 11.9 Å². The second-order valence-corrected chi connectivity index (χ2v) is 5.41. The molecule has 1 heterocycles. The predicted octanol–water partition coefficient (Wildman–Crippen LogP) is 1.89. The minimum atomic E-state index is -0.00501. The number of carbonyl (C=O) groups excluding carboxylic acids is 1. The Kier molecular flexibility index (Phi) is 4.66. The molecule has 0 bridgehead atoms. The topological polar surface area (TPSA) is 50.4 Å². The summed E-state index contributed by atoms with van der Waals surface area (Å²) in [5.41, 5.74) is 2.16. The van der Waals surface area contributed by atoms with Crippen LogP contribution in [0.4, 0.5) is 0 Å². The van der Waals surface area contributed by atoms with E-state index in [4.69, 9.17) is 16.3 Å². The van der Waals surface area contributed by atoms with Gasteiger partial charge in [-0.05, 0) is 31.5 Å². The Bertz CT molecular complexity index is 475. The summed E-state index contributed by atoms with van der Waals surface area (Å²) in [5, 5.41) is 6.66. The van der Waals surface area contributed by atoms with Gasteiger partial charge in [0.15, 0.2) is 0 Å². The van der Waals surface area contributed by atoms with Gasteiger partial charge in [-0.2, -0.15) is 0 Å². The van der Waals surface area contributed by atoms with Gasteiger partial charge in [0, 0.05) is 29.6 Å². The van der Waals surface area contributed by atoms with E-state index < -0.39 is 0 Å². The van der Waals surface area contributed by atoms with Crippen LogP contribution in [0.3, 0.4) is 0 Å². The van der Waals surface area contributed by atoms with Crippen molar-refractivity contribution in [3.05, 3.63) is 28.3 Å². The number of benzene rings is 1. The third-order valence-corrected chi connectivity index (χ3v) is 3.09. The van der Waals surface area contributed by atoms with Gasteiger partial charge in [-0.15, -0.1) is 0 Å². The fourth-order valence-corrected chi connectivity index (χ4v) is 2.42. The van der Waals surface area contributed by atoms with Crippen molar-refractivity contribution in [1.82, 2.24) is 10.6 Å². The first-order valence-corrected chi connectivity index (χ1v) is 6.88. The molecular weight excluding hydrogens is 264 g/mol. The molecule has 1 aromatic rings. The van der Waals surface area contributed by atoms with Crippen LogP contribution in [0.5, 0.6) is 5.75 Å². The molecule has 0 fully saturated rings. The molecule has 4 nitrogen and oxygen atoms in total. The maximum atomic E-state index is 11.5. The molecule has 1 aliphatic heterocycles. The molecule has 5 heteroatoms. The molecule has 19 heavy (non-hydrogen) atoms. The lowest BCUT2D eigenvalue weighted by Crippen LogP contribution is -2.37. The van der Waals surface area contributed by atoms with Gasteiger partial charge in [0.25, 0.3) is 0 Å². The largest absolute Gasteiger partial charge is 0.493 e. The zero-order valence-electron chi connectivity index (χ0n) is 11.3. The third kappa shape index (κ3) is 3.85. The van der Waals surface area contributed by atoms with Gasteiger partial charge in [0.2, 0.25) is 5.91 Å². The maximum absolute atomic E-state index is 11.5. The fraction of sp³-hybridized carbons (Fsp3) is 0.500. The van der Waals surface area contributed by atoms with Gasteiger partial charge >= 0.3 is 0 Å². The number of hydrogen-bond donors (Lipinski definition) is 2. The number of nitrogens with one attached hydrogen (secondary N) is 2. The minimum absolute atomic E-state index is 0.00501. The van der Waals surface area contributed by atoms with Crippen LogP contribution in [0.15, 0.2) is 12.1 Å². The van der Waals surface area contributed by atoms with Crippen molar-refractivity contribution in [2.45, 2.75) is 32.9 Å². The van der Waals surface area contributed by atoms with E-state index in [0.717, 1.165) is 23.3 Å². The highest BCUT2D eigenvalue weighted by molar-refractivity contribution is 6.30. The summed E-state index contributed by atoms with van der Waals surface area (Å²) in [5.74, 6) is 0.913. The summed E-state index contributed by atoms with van der Waals surface area (Å²) in [6, 6.07) is 3.99. The Balaban J connectivity index is 1.92. The molecule has 0 atom stereocenters. The molecule has 0 spiro atoms. The number of ether oxygens (including phenoxy) is 1. The SMILES string of the molecule is CC(C)NC(=O)CNCc1cc(Cl)cc2c1OCC2. The van der Waals surface area contributed by atoms with E-state index in [2.05, 4.69) is 10.6 Å². The Labute approximate surface area is 118 Å². The predicted molar refractivity (Wildman–Crippen MR) is 75.6 cm³/mol. The summed E-state index contributed by atoms with van der Waals surface area (Å²) in [7, 11) is 0. The molecule has 0 aromatic heterocycles. The summed E-state index contributed by atoms with van der Waals surface area (Å²) < 4.78 is 5.61. The zero-order valence-corrected chi connectivity index (χ0v) is 12.0. The average Bonchev–Trinajstić information content (AvgIpc) is 2.75. The average molecular weight is 283 g/mol. The van der Waals surface area contributed by atoms with Crippen molar-refractivity contribution in [3.8, 4) is 5.75 Å². The molecule has 1 aromatic carbocycles. The zero-order chi connectivity index (χ0) is 13.8. The van der Waals surface area contributed by atoms with Crippen LogP contribution < -0.4 is 15.4 Å². The lowest BCUT2D eigenvalue weighted by Gasteiger charge is -2.11. The van der Waals surface area contributed by atoms with Gasteiger partial charge in [0.1, 0.15) is 5.75 Å². The number of halogens is 1. The Morgan fingerprint density at radius 3 is 3.00 bits per heavy atom. The highest BCUT2D eigenvalue weighted by atomic mass is 35.5. The molecule has 2 rings (SSSR count). The Hall–Kier alpha value is -1.26. The summed E-state index contributed by atoms with van der Waals surface area (Å²) in [6.07, 6.45) is 0.900. The van der Waals surface area contributed by atoms with Crippen LogP contribution in [0.25, 0.3) is 0 Å². The monoisotopic (exact) mass is 282 g/mol. The molecule has 0 saturated carbocycles. The quantitative estimate of drug-likeness (QED) is 0.867. The summed E-state index contributed by atoms with van der Waals surface area (Å²) in [4.78, 5) is 11.5.